The van der Waals surface area contributed by atoms with Crippen LogP contribution in [-0.2, 0) is 16.4 Å². The van der Waals surface area contributed by atoms with E-state index in [0.717, 1.165) is 5.56 Å². The van der Waals surface area contributed by atoms with E-state index in [2.05, 4.69) is 15.6 Å². The Balaban J connectivity index is 2.90. The van der Waals surface area contributed by atoms with Crippen LogP contribution in [0, 0.1) is 0 Å². The zero-order valence-electron chi connectivity index (χ0n) is 17.9. The Bertz CT molecular complexity index is 745. The van der Waals surface area contributed by atoms with Crippen LogP contribution in [0.4, 0.5) is 0 Å². The number of nitrogens with one attached hydrogen (secondary N) is 2. The maximum atomic E-state index is 12.2. The lowest BCUT2D eigenvalue weighted by Gasteiger charge is -2.20. The van der Waals surface area contributed by atoms with Crippen molar-refractivity contribution in [2.45, 2.75) is 39.0 Å². The SMILES string of the molecule is CCNC(=NCc1cc(OC)c(OC)c(OC)c1)NCCS(=O)(=O)C(C)(C)C. The van der Waals surface area contributed by atoms with Crippen molar-refractivity contribution in [3.63, 3.8) is 0 Å². The minimum absolute atomic E-state index is 0.0328. The first-order chi connectivity index (χ1) is 13.1. The van der Waals surface area contributed by atoms with Gasteiger partial charge in [-0.15, -0.1) is 0 Å². The number of rotatable bonds is 9. The van der Waals surface area contributed by atoms with Crippen molar-refractivity contribution in [2.75, 3.05) is 40.2 Å². The summed E-state index contributed by atoms with van der Waals surface area (Å²) >= 11 is 0. The van der Waals surface area contributed by atoms with Crippen LogP contribution in [0.2, 0.25) is 0 Å². The van der Waals surface area contributed by atoms with Crippen molar-refractivity contribution in [3.8, 4) is 17.2 Å². The smallest absolute Gasteiger partial charge is 0.203 e. The number of benzene rings is 1. The fraction of sp³-hybridized carbons (Fsp3) is 0.632. The van der Waals surface area contributed by atoms with Gasteiger partial charge in [0, 0.05) is 13.1 Å². The quantitative estimate of drug-likeness (QED) is 0.470. The topological polar surface area (TPSA) is 98.2 Å². The molecule has 2 N–H and O–H groups in total. The van der Waals surface area contributed by atoms with E-state index >= 15 is 0 Å². The first-order valence-electron chi connectivity index (χ1n) is 9.13. The summed E-state index contributed by atoms with van der Waals surface area (Å²) < 4.78 is 39.7. The van der Waals surface area contributed by atoms with E-state index in [4.69, 9.17) is 14.2 Å². The molecule has 0 bridgehead atoms. The van der Waals surface area contributed by atoms with Crippen LogP contribution in [0.15, 0.2) is 17.1 Å². The van der Waals surface area contributed by atoms with Crippen LogP contribution in [-0.4, -0.2) is 59.3 Å². The largest absolute Gasteiger partial charge is 0.493 e. The molecule has 0 aromatic heterocycles. The third kappa shape index (κ3) is 6.47. The minimum Gasteiger partial charge on any atom is -0.493 e. The number of nitrogens with zero attached hydrogens (tertiary/aromatic N) is 1. The lowest BCUT2D eigenvalue weighted by molar-refractivity contribution is 0.324. The Morgan fingerprint density at radius 3 is 2.04 bits per heavy atom. The molecule has 1 aromatic carbocycles. The molecule has 0 saturated carbocycles. The summed E-state index contributed by atoms with van der Waals surface area (Å²) in [5, 5.41) is 6.19. The molecule has 0 amide bonds. The van der Waals surface area contributed by atoms with E-state index < -0.39 is 14.6 Å². The van der Waals surface area contributed by atoms with Gasteiger partial charge in [-0.3, -0.25) is 0 Å². The normalized spacial score (nSPS) is 12.5. The standard InChI is InChI=1S/C19H33N3O5S/c1-8-20-18(21-9-10-28(23,24)19(2,3)4)22-13-14-11-15(25-5)17(27-7)16(12-14)26-6/h11-12H,8-10,13H2,1-7H3,(H2,20,21,22). The van der Waals surface area contributed by atoms with Crippen LogP contribution in [0.25, 0.3) is 0 Å². The molecule has 0 heterocycles. The molecular formula is C19H33N3O5S. The fourth-order valence-corrected chi connectivity index (χ4v) is 3.33. The molecule has 0 aliphatic carbocycles. The zero-order valence-corrected chi connectivity index (χ0v) is 18.7. The molecule has 1 rings (SSSR count). The Kier molecular flexibility index (Phi) is 8.87. The molecule has 0 unspecified atom stereocenters. The van der Waals surface area contributed by atoms with E-state index in [1.54, 1.807) is 42.1 Å². The zero-order chi connectivity index (χ0) is 21.4. The first kappa shape index (κ1) is 23.9. The van der Waals surface area contributed by atoms with E-state index in [1.165, 1.54) is 0 Å². The summed E-state index contributed by atoms with van der Waals surface area (Å²) in [6.45, 7) is 8.35. The van der Waals surface area contributed by atoms with Crippen molar-refractivity contribution in [3.05, 3.63) is 17.7 Å². The highest BCUT2D eigenvalue weighted by Crippen LogP contribution is 2.38. The molecular weight excluding hydrogens is 382 g/mol. The van der Waals surface area contributed by atoms with Crippen molar-refractivity contribution >= 4 is 15.8 Å². The summed E-state index contributed by atoms with van der Waals surface area (Å²) in [6.07, 6.45) is 0. The van der Waals surface area contributed by atoms with Gasteiger partial charge in [0.25, 0.3) is 0 Å². The fourth-order valence-electron chi connectivity index (χ4n) is 2.35. The van der Waals surface area contributed by atoms with Crippen LogP contribution < -0.4 is 24.8 Å². The Labute approximate surface area is 168 Å². The van der Waals surface area contributed by atoms with Gasteiger partial charge in [0.15, 0.2) is 27.3 Å². The van der Waals surface area contributed by atoms with Gasteiger partial charge in [0.2, 0.25) is 5.75 Å². The van der Waals surface area contributed by atoms with Crippen molar-refractivity contribution in [2.24, 2.45) is 4.99 Å². The average molecular weight is 416 g/mol. The summed E-state index contributed by atoms with van der Waals surface area (Å²) in [7, 11) is 1.48. The third-order valence-corrected chi connectivity index (χ3v) is 6.69. The number of ether oxygens (including phenoxy) is 3. The summed E-state index contributed by atoms with van der Waals surface area (Å²) in [5.41, 5.74) is 0.869. The van der Waals surface area contributed by atoms with Gasteiger partial charge < -0.3 is 24.8 Å². The number of aliphatic imine (C=N–C) groups is 1. The predicted molar refractivity (Wildman–Crippen MR) is 112 cm³/mol. The first-order valence-corrected chi connectivity index (χ1v) is 10.8. The van der Waals surface area contributed by atoms with Gasteiger partial charge in [-0.05, 0) is 45.4 Å². The summed E-state index contributed by atoms with van der Waals surface area (Å²) in [5.74, 6) is 2.21. The Morgan fingerprint density at radius 2 is 1.61 bits per heavy atom. The number of guanidine groups is 1. The third-order valence-electron chi connectivity index (χ3n) is 4.08. The summed E-state index contributed by atoms with van der Waals surface area (Å²) in [4.78, 5) is 4.52. The second kappa shape index (κ2) is 10.4. The highest BCUT2D eigenvalue weighted by Gasteiger charge is 2.28. The van der Waals surface area contributed by atoms with Crippen LogP contribution in [0.3, 0.4) is 0 Å². The molecule has 0 aliphatic heterocycles. The Morgan fingerprint density at radius 1 is 1.04 bits per heavy atom. The maximum Gasteiger partial charge on any atom is 0.203 e. The summed E-state index contributed by atoms with van der Waals surface area (Å²) in [6, 6.07) is 3.66. The number of hydrogen-bond acceptors (Lipinski definition) is 6. The van der Waals surface area contributed by atoms with Crippen LogP contribution >= 0.6 is 0 Å². The van der Waals surface area contributed by atoms with Crippen LogP contribution in [0.5, 0.6) is 17.2 Å². The van der Waals surface area contributed by atoms with Crippen molar-refractivity contribution in [1.29, 1.82) is 0 Å². The van der Waals surface area contributed by atoms with E-state index in [1.807, 2.05) is 19.1 Å². The minimum atomic E-state index is -3.19. The van der Waals surface area contributed by atoms with Gasteiger partial charge in [-0.1, -0.05) is 0 Å². The van der Waals surface area contributed by atoms with E-state index in [0.29, 0.717) is 36.3 Å². The highest BCUT2D eigenvalue weighted by atomic mass is 32.2. The molecule has 0 aliphatic rings. The van der Waals surface area contributed by atoms with Crippen LogP contribution in [0.1, 0.15) is 33.3 Å². The molecule has 0 spiro atoms. The number of hydrogen-bond donors (Lipinski definition) is 2. The lowest BCUT2D eigenvalue weighted by atomic mass is 10.2. The predicted octanol–water partition coefficient (Wildman–Crippen LogP) is 1.98. The van der Waals surface area contributed by atoms with Gasteiger partial charge in [-0.2, -0.15) is 0 Å². The van der Waals surface area contributed by atoms with Crippen molar-refractivity contribution in [1.82, 2.24) is 10.6 Å². The molecule has 1 aromatic rings. The lowest BCUT2D eigenvalue weighted by Crippen LogP contribution is -2.41. The second-order valence-electron chi connectivity index (χ2n) is 7.09. The number of sulfone groups is 1. The number of methoxy groups -OCH3 is 3. The van der Waals surface area contributed by atoms with Gasteiger partial charge in [0.1, 0.15) is 0 Å². The molecule has 8 nitrogen and oxygen atoms in total. The van der Waals surface area contributed by atoms with Crippen molar-refractivity contribution < 1.29 is 22.6 Å². The molecule has 28 heavy (non-hydrogen) atoms. The Hall–Kier alpha value is -2.16. The van der Waals surface area contributed by atoms with E-state index in [9.17, 15) is 8.42 Å². The molecule has 0 atom stereocenters. The monoisotopic (exact) mass is 415 g/mol. The average Bonchev–Trinajstić information content (AvgIpc) is 2.63. The molecule has 0 radical (unpaired) electrons. The molecule has 9 heteroatoms. The molecule has 160 valence electrons. The maximum absolute atomic E-state index is 12.2. The molecule has 0 saturated heterocycles. The van der Waals surface area contributed by atoms with Gasteiger partial charge in [-0.25, -0.2) is 13.4 Å². The second-order valence-corrected chi connectivity index (χ2v) is 9.95. The van der Waals surface area contributed by atoms with E-state index in [-0.39, 0.29) is 12.3 Å². The molecule has 0 fully saturated rings. The highest BCUT2D eigenvalue weighted by molar-refractivity contribution is 7.92. The van der Waals surface area contributed by atoms with Gasteiger partial charge >= 0.3 is 0 Å². The van der Waals surface area contributed by atoms with Gasteiger partial charge in [0.05, 0.1) is 38.4 Å².